The van der Waals surface area contributed by atoms with Gasteiger partial charge in [0.25, 0.3) is 0 Å². The smallest absolute Gasteiger partial charge is 0.321 e. The van der Waals surface area contributed by atoms with Crippen LogP contribution in [0.4, 0.5) is 0 Å². The topological polar surface area (TPSA) is 78.9 Å². The van der Waals surface area contributed by atoms with Crippen LogP contribution < -0.4 is 0 Å². The van der Waals surface area contributed by atoms with Crippen molar-refractivity contribution in [3.63, 3.8) is 0 Å². The fourth-order valence-electron chi connectivity index (χ4n) is 2.32. The fourth-order valence-corrected chi connectivity index (χ4v) is 3.62. The van der Waals surface area contributed by atoms with Crippen molar-refractivity contribution in [2.75, 3.05) is 26.1 Å². The number of benzene rings is 1. The first kappa shape index (κ1) is 22.0. The van der Waals surface area contributed by atoms with Crippen LogP contribution in [0.3, 0.4) is 0 Å². The predicted molar refractivity (Wildman–Crippen MR) is 99.8 cm³/mol. The van der Waals surface area contributed by atoms with Crippen molar-refractivity contribution in [3.8, 4) is 0 Å². The largest absolute Gasteiger partial charge is 0.469 e. The molecule has 7 heteroatoms. The van der Waals surface area contributed by atoms with Gasteiger partial charge in [0, 0.05) is 5.75 Å². The molecule has 1 aromatic carbocycles. The summed E-state index contributed by atoms with van der Waals surface area (Å²) in [5.74, 6) is -2.28. The quantitative estimate of drug-likeness (QED) is 0.349. The van der Waals surface area contributed by atoms with Crippen LogP contribution in [0.1, 0.15) is 36.6 Å². The maximum Gasteiger partial charge on any atom is 0.321 e. The van der Waals surface area contributed by atoms with Gasteiger partial charge in [-0.1, -0.05) is 29.8 Å². The zero-order valence-electron chi connectivity index (χ0n) is 15.7. The summed E-state index contributed by atoms with van der Waals surface area (Å²) < 4.78 is 14.9. The molecule has 1 rings (SSSR count). The van der Waals surface area contributed by atoms with Gasteiger partial charge in [0.15, 0.2) is 5.92 Å². The summed E-state index contributed by atoms with van der Waals surface area (Å²) in [7, 11) is 1.32. The molecular formula is C19H26O6S. The van der Waals surface area contributed by atoms with E-state index < -0.39 is 23.1 Å². The number of hydrogen-bond acceptors (Lipinski definition) is 7. The van der Waals surface area contributed by atoms with Crippen LogP contribution in [0.25, 0.3) is 0 Å². The summed E-state index contributed by atoms with van der Waals surface area (Å²) >= 11 is 1.34. The molecule has 0 radical (unpaired) electrons. The Kier molecular flexibility index (Phi) is 9.80. The highest BCUT2D eigenvalue weighted by atomic mass is 32.2. The van der Waals surface area contributed by atoms with Crippen molar-refractivity contribution in [2.45, 2.75) is 32.4 Å². The maximum absolute atomic E-state index is 12.5. The molecule has 0 heterocycles. The minimum Gasteiger partial charge on any atom is -0.469 e. The summed E-state index contributed by atoms with van der Waals surface area (Å²) in [6.07, 6.45) is 0.182. The summed E-state index contributed by atoms with van der Waals surface area (Å²) in [4.78, 5) is 36.3. The Labute approximate surface area is 158 Å². The van der Waals surface area contributed by atoms with Crippen LogP contribution >= 0.6 is 11.8 Å². The summed E-state index contributed by atoms with van der Waals surface area (Å²) in [6, 6.07) is 7.57. The average molecular weight is 382 g/mol. The van der Waals surface area contributed by atoms with Crippen LogP contribution in [0, 0.1) is 12.8 Å². The highest BCUT2D eigenvalue weighted by Gasteiger charge is 2.38. The van der Waals surface area contributed by atoms with Crippen LogP contribution in [-0.2, 0) is 28.6 Å². The minimum absolute atomic E-state index is 0.169. The third kappa shape index (κ3) is 6.71. The van der Waals surface area contributed by atoms with Gasteiger partial charge < -0.3 is 14.2 Å². The lowest BCUT2D eigenvalue weighted by Crippen LogP contribution is -2.32. The molecular weight excluding hydrogens is 356 g/mol. The number of thioether (sulfide) groups is 1. The van der Waals surface area contributed by atoms with Gasteiger partial charge in [0.1, 0.15) is 0 Å². The van der Waals surface area contributed by atoms with E-state index in [2.05, 4.69) is 4.74 Å². The van der Waals surface area contributed by atoms with Crippen molar-refractivity contribution in [3.05, 3.63) is 35.4 Å². The highest BCUT2D eigenvalue weighted by molar-refractivity contribution is 7.99. The van der Waals surface area contributed by atoms with Gasteiger partial charge >= 0.3 is 17.9 Å². The van der Waals surface area contributed by atoms with Crippen LogP contribution in [0.5, 0.6) is 0 Å². The first-order valence-electron chi connectivity index (χ1n) is 8.52. The normalized spacial score (nSPS) is 11.7. The van der Waals surface area contributed by atoms with E-state index in [9.17, 15) is 14.4 Å². The maximum atomic E-state index is 12.5. The molecule has 1 atom stereocenters. The number of rotatable bonds is 10. The first-order chi connectivity index (χ1) is 12.4. The lowest BCUT2D eigenvalue weighted by molar-refractivity contribution is -0.161. The lowest BCUT2D eigenvalue weighted by atomic mass is 9.98. The van der Waals surface area contributed by atoms with Gasteiger partial charge in [-0.15, -0.1) is 0 Å². The van der Waals surface area contributed by atoms with E-state index in [0.29, 0.717) is 5.75 Å². The van der Waals surface area contributed by atoms with Crippen molar-refractivity contribution in [1.29, 1.82) is 0 Å². The Balaban J connectivity index is 3.13. The Morgan fingerprint density at radius 2 is 1.54 bits per heavy atom. The van der Waals surface area contributed by atoms with E-state index >= 15 is 0 Å². The zero-order valence-corrected chi connectivity index (χ0v) is 16.5. The van der Waals surface area contributed by atoms with Crippen LogP contribution in [-0.4, -0.2) is 44.0 Å². The predicted octanol–water partition coefficient (Wildman–Crippen LogP) is 3.07. The second-order valence-electron chi connectivity index (χ2n) is 5.51. The fraction of sp³-hybridized carbons (Fsp3) is 0.526. The Bertz CT molecular complexity index is 581. The van der Waals surface area contributed by atoms with Gasteiger partial charge in [-0.05, 0) is 26.3 Å². The number of methoxy groups -OCH3 is 1. The van der Waals surface area contributed by atoms with Crippen molar-refractivity contribution >= 4 is 29.7 Å². The third-order valence-corrected chi connectivity index (χ3v) is 4.96. The van der Waals surface area contributed by atoms with Crippen molar-refractivity contribution < 1.29 is 28.6 Å². The Morgan fingerprint density at radius 3 is 2.00 bits per heavy atom. The molecule has 0 saturated heterocycles. The lowest BCUT2D eigenvalue weighted by Gasteiger charge is -2.24. The van der Waals surface area contributed by atoms with E-state index in [1.807, 2.05) is 31.2 Å². The number of carbonyl (C=O) groups is 3. The van der Waals surface area contributed by atoms with Gasteiger partial charge in [0.2, 0.25) is 0 Å². The number of hydrogen-bond donors (Lipinski definition) is 0. The molecule has 26 heavy (non-hydrogen) atoms. The second kappa shape index (κ2) is 11.6. The molecule has 0 aliphatic heterocycles. The summed E-state index contributed by atoms with van der Waals surface area (Å²) in [5.41, 5.74) is 1.87. The summed E-state index contributed by atoms with van der Waals surface area (Å²) in [6.45, 7) is 5.67. The van der Waals surface area contributed by atoms with E-state index in [4.69, 9.17) is 9.47 Å². The third-order valence-electron chi connectivity index (χ3n) is 3.62. The Hall–Kier alpha value is -2.02. The molecule has 0 spiro atoms. The molecule has 0 amide bonds. The highest BCUT2D eigenvalue weighted by Crippen LogP contribution is 2.38. The number of esters is 3. The number of carbonyl (C=O) groups excluding carboxylic acids is 3. The van der Waals surface area contributed by atoms with Gasteiger partial charge in [-0.25, -0.2) is 0 Å². The van der Waals surface area contributed by atoms with Crippen molar-refractivity contribution in [1.82, 2.24) is 0 Å². The molecule has 1 unspecified atom stereocenters. The molecule has 0 aliphatic rings. The number of ether oxygens (including phenoxy) is 3. The zero-order chi connectivity index (χ0) is 19.5. The second-order valence-corrected chi connectivity index (χ2v) is 6.76. The monoisotopic (exact) mass is 382 g/mol. The van der Waals surface area contributed by atoms with Crippen molar-refractivity contribution in [2.24, 2.45) is 5.92 Å². The molecule has 144 valence electrons. The van der Waals surface area contributed by atoms with E-state index in [1.165, 1.54) is 18.9 Å². The molecule has 0 fully saturated rings. The van der Waals surface area contributed by atoms with Gasteiger partial charge in [0.05, 0.1) is 32.0 Å². The SMILES string of the molecule is CCOC(=O)C(C(=O)OCC)C(SCCC(=O)OC)c1ccc(C)cc1. The number of aryl methyl sites for hydroxylation is 1. The van der Waals surface area contributed by atoms with Gasteiger partial charge in [-0.3, -0.25) is 14.4 Å². The van der Waals surface area contributed by atoms with E-state index in [0.717, 1.165) is 11.1 Å². The molecule has 6 nitrogen and oxygen atoms in total. The van der Waals surface area contributed by atoms with Crippen LogP contribution in [0.2, 0.25) is 0 Å². The molecule has 0 aliphatic carbocycles. The molecule has 0 bridgehead atoms. The Morgan fingerprint density at radius 1 is 1.00 bits per heavy atom. The van der Waals surface area contributed by atoms with Crippen LogP contribution in [0.15, 0.2) is 24.3 Å². The summed E-state index contributed by atoms with van der Waals surface area (Å²) in [5, 5.41) is -0.515. The van der Waals surface area contributed by atoms with E-state index in [-0.39, 0.29) is 25.6 Å². The standard InChI is InChI=1S/C19H26O6S/c1-5-24-18(21)16(19(22)25-6-2)17(26-12-11-15(20)23-4)14-9-7-13(3)8-10-14/h7-10,16-17H,5-6,11-12H2,1-4H3. The molecule has 0 N–H and O–H groups in total. The molecule has 0 aromatic heterocycles. The minimum atomic E-state index is -1.10. The average Bonchev–Trinajstić information content (AvgIpc) is 2.61. The molecule has 1 aromatic rings. The first-order valence-corrected chi connectivity index (χ1v) is 9.57. The van der Waals surface area contributed by atoms with E-state index in [1.54, 1.807) is 13.8 Å². The van der Waals surface area contributed by atoms with Gasteiger partial charge in [-0.2, -0.15) is 11.8 Å². The molecule has 0 saturated carbocycles.